The molecule has 0 bridgehead atoms. The zero-order chi connectivity index (χ0) is 14.8. The zero-order valence-corrected chi connectivity index (χ0v) is 12.6. The van der Waals surface area contributed by atoms with E-state index in [2.05, 4.69) is 0 Å². The SMILES string of the molecule is CCOP(=O)(OCC)c1c(C)c(=O)oc2ccccc12. The number of fused-ring (bicyclic) bond motifs is 1. The Bertz CT molecular complexity index is 709. The molecule has 1 aromatic heterocycles. The van der Waals surface area contributed by atoms with Crippen molar-refractivity contribution in [3.8, 4) is 0 Å². The Kier molecular flexibility index (Phi) is 4.43. The number of hydrogen-bond acceptors (Lipinski definition) is 5. The lowest BCUT2D eigenvalue weighted by molar-refractivity contribution is 0.230. The highest BCUT2D eigenvalue weighted by atomic mass is 31.2. The molecule has 2 aromatic rings. The minimum Gasteiger partial charge on any atom is -0.422 e. The molecule has 108 valence electrons. The van der Waals surface area contributed by atoms with Gasteiger partial charge in [-0.2, -0.15) is 0 Å². The van der Waals surface area contributed by atoms with E-state index in [1.165, 1.54) is 0 Å². The molecule has 0 amide bonds. The number of para-hydroxylation sites is 1. The number of hydrogen-bond donors (Lipinski definition) is 0. The molecule has 0 N–H and O–H groups in total. The van der Waals surface area contributed by atoms with Crippen LogP contribution in [0.3, 0.4) is 0 Å². The van der Waals surface area contributed by atoms with Gasteiger partial charge < -0.3 is 13.5 Å². The molecule has 0 fully saturated rings. The first-order valence-corrected chi connectivity index (χ1v) is 8.00. The predicted octanol–water partition coefficient (Wildman–Crippen LogP) is 2.99. The summed E-state index contributed by atoms with van der Waals surface area (Å²) in [6.07, 6.45) is 0. The second-order valence-corrected chi connectivity index (χ2v) is 6.15. The average molecular weight is 296 g/mol. The lowest BCUT2D eigenvalue weighted by atomic mass is 10.2. The Labute approximate surface area is 117 Å². The van der Waals surface area contributed by atoms with Gasteiger partial charge in [0.2, 0.25) is 0 Å². The quantitative estimate of drug-likeness (QED) is 0.627. The summed E-state index contributed by atoms with van der Waals surface area (Å²) in [5.41, 5.74) is 0.102. The van der Waals surface area contributed by atoms with Gasteiger partial charge in [0.05, 0.1) is 24.1 Å². The fourth-order valence-corrected chi connectivity index (χ4v) is 4.08. The predicted molar refractivity (Wildman–Crippen MR) is 77.7 cm³/mol. The molecule has 6 heteroatoms. The lowest BCUT2D eigenvalue weighted by Gasteiger charge is -2.19. The van der Waals surface area contributed by atoms with Gasteiger partial charge in [0.25, 0.3) is 0 Å². The van der Waals surface area contributed by atoms with Crippen molar-refractivity contribution >= 4 is 23.9 Å². The second-order valence-electron chi connectivity index (χ2n) is 4.19. The van der Waals surface area contributed by atoms with Crippen LogP contribution in [0, 0.1) is 6.92 Å². The van der Waals surface area contributed by atoms with Crippen LogP contribution in [0.2, 0.25) is 0 Å². The van der Waals surface area contributed by atoms with Gasteiger partial charge in [-0.15, -0.1) is 0 Å². The van der Waals surface area contributed by atoms with E-state index >= 15 is 0 Å². The molecule has 0 saturated heterocycles. The van der Waals surface area contributed by atoms with Gasteiger partial charge in [0.15, 0.2) is 0 Å². The van der Waals surface area contributed by atoms with E-state index in [1.54, 1.807) is 45.0 Å². The van der Waals surface area contributed by atoms with Crippen molar-refractivity contribution in [1.29, 1.82) is 0 Å². The molecule has 0 aliphatic heterocycles. The van der Waals surface area contributed by atoms with Crippen LogP contribution >= 0.6 is 7.60 Å². The van der Waals surface area contributed by atoms with Crippen molar-refractivity contribution < 1.29 is 18.0 Å². The molecule has 20 heavy (non-hydrogen) atoms. The molecule has 5 nitrogen and oxygen atoms in total. The van der Waals surface area contributed by atoms with Gasteiger partial charge >= 0.3 is 13.2 Å². The summed E-state index contributed by atoms with van der Waals surface area (Å²) in [7, 11) is -3.54. The van der Waals surface area contributed by atoms with Crippen molar-refractivity contribution in [2.24, 2.45) is 0 Å². The summed E-state index contributed by atoms with van der Waals surface area (Å²) in [5.74, 6) is 0. The molecule has 1 aromatic carbocycles. The van der Waals surface area contributed by atoms with Gasteiger partial charge in [-0.05, 0) is 26.8 Å². The molecule has 0 spiro atoms. The lowest BCUT2D eigenvalue weighted by Crippen LogP contribution is -2.22. The van der Waals surface area contributed by atoms with Crippen LogP contribution in [0.25, 0.3) is 11.0 Å². The van der Waals surface area contributed by atoms with E-state index in [0.29, 0.717) is 16.3 Å². The zero-order valence-electron chi connectivity index (χ0n) is 11.7. The van der Waals surface area contributed by atoms with E-state index in [4.69, 9.17) is 13.5 Å². The Morgan fingerprint density at radius 3 is 2.35 bits per heavy atom. The molecule has 0 atom stereocenters. The Hall–Kier alpha value is -1.42. The van der Waals surface area contributed by atoms with Crippen LogP contribution in [0.5, 0.6) is 0 Å². The molecule has 2 rings (SSSR count). The van der Waals surface area contributed by atoms with Gasteiger partial charge in [-0.1, -0.05) is 18.2 Å². The van der Waals surface area contributed by atoms with Crippen LogP contribution in [0.4, 0.5) is 0 Å². The first-order chi connectivity index (χ1) is 9.53. The van der Waals surface area contributed by atoms with Gasteiger partial charge in [0.1, 0.15) is 5.58 Å². The monoisotopic (exact) mass is 296 g/mol. The molecule has 0 saturated carbocycles. The third kappa shape index (κ3) is 2.57. The maximum atomic E-state index is 13.0. The third-order valence-electron chi connectivity index (χ3n) is 2.88. The summed E-state index contributed by atoms with van der Waals surface area (Å²) in [6.45, 7) is 5.48. The molecule has 0 aliphatic rings. The van der Waals surface area contributed by atoms with Crippen LogP contribution < -0.4 is 10.9 Å². The third-order valence-corrected chi connectivity index (χ3v) is 5.20. The summed E-state index contributed by atoms with van der Waals surface area (Å²) in [6, 6.07) is 6.93. The minimum absolute atomic E-state index is 0.227. The Morgan fingerprint density at radius 2 is 1.75 bits per heavy atom. The topological polar surface area (TPSA) is 65.7 Å². The van der Waals surface area contributed by atoms with E-state index in [-0.39, 0.29) is 18.8 Å². The Morgan fingerprint density at radius 1 is 1.15 bits per heavy atom. The first-order valence-electron chi connectivity index (χ1n) is 6.45. The van der Waals surface area contributed by atoms with Gasteiger partial charge in [-0.3, -0.25) is 4.57 Å². The minimum atomic E-state index is -3.54. The van der Waals surface area contributed by atoms with E-state index in [1.807, 2.05) is 0 Å². The summed E-state index contributed by atoms with van der Waals surface area (Å²) in [5, 5.41) is 0.878. The first kappa shape index (κ1) is 15.0. The molecule has 0 radical (unpaired) electrons. The smallest absolute Gasteiger partial charge is 0.362 e. The van der Waals surface area contributed by atoms with Crippen LogP contribution in [-0.2, 0) is 13.6 Å². The van der Waals surface area contributed by atoms with E-state index in [0.717, 1.165) is 0 Å². The molecular formula is C14H17O5P. The van der Waals surface area contributed by atoms with Gasteiger partial charge in [-0.25, -0.2) is 4.79 Å². The normalized spacial score (nSPS) is 11.9. The molecule has 1 heterocycles. The standard InChI is InChI=1S/C14H17O5P/c1-4-17-20(16,18-5-2)13-10(3)14(15)19-12-9-7-6-8-11(12)13/h6-9H,4-5H2,1-3H3. The van der Waals surface area contributed by atoms with Crippen molar-refractivity contribution in [3.05, 3.63) is 40.2 Å². The highest BCUT2D eigenvalue weighted by Crippen LogP contribution is 2.48. The van der Waals surface area contributed by atoms with Crippen molar-refractivity contribution in [3.63, 3.8) is 0 Å². The maximum absolute atomic E-state index is 13.0. The fraction of sp³-hybridized carbons (Fsp3) is 0.357. The maximum Gasteiger partial charge on any atom is 0.362 e. The highest BCUT2D eigenvalue weighted by molar-refractivity contribution is 7.62. The second kappa shape index (κ2) is 5.92. The number of benzene rings is 1. The van der Waals surface area contributed by atoms with Gasteiger partial charge in [0, 0.05) is 5.39 Å². The van der Waals surface area contributed by atoms with Crippen molar-refractivity contribution in [1.82, 2.24) is 0 Å². The fourth-order valence-electron chi connectivity index (χ4n) is 2.09. The van der Waals surface area contributed by atoms with Crippen molar-refractivity contribution in [2.75, 3.05) is 13.2 Å². The summed E-state index contributed by atoms with van der Waals surface area (Å²) >= 11 is 0. The van der Waals surface area contributed by atoms with Crippen LogP contribution in [0.15, 0.2) is 33.5 Å². The summed E-state index contributed by atoms with van der Waals surface area (Å²) < 4.78 is 28.9. The molecule has 0 unspecified atom stereocenters. The van der Waals surface area contributed by atoms with E-state index in [9.17, 15) is 9.36 Å². The highest BCUT2D eigenvalue weighted by Gasteiger charge is 2.32. The van der Waals surface area contributed by atoms with Crippen molar-refractivity contribution in [2.45, 2.75) is 20.8 Å². The number of rotatable bonds is 5. The average Bonchev–Trinajstić information content (AvgIpc) is 2.40. The molecule has 0 aliphatic carbocycles. The van der Waals surface area contributed by atoms with Crippen LogP contribution in [-0.4, -0.2) is 13.2 Å². The largest absolute Gasteiger partial charge is 0.422 e. The van der Waals surface area contributed by atoms with Crippen LogP contribution in [0.1, 0.15) is 19.4 Å². The Balaban J connectivity index is 2.83. The summed E-state index contributed by atoms with van der Waals surface area (Å²) in [4.78, 5) is 11.9. The molecular weight excluding hydrogens is 279 g/mol. The van der Waals surface area contributed by atoms with E-state index < -0.39 is 13.2 Å².